The standard InChI is InChI=1S/C12H12N2O6/c15-13(16)7-9(11-3-1-5-19-11)10(8-14(17)18)12-4-2-6-20-12/h1-6,9-10H,7-8H2/t9-,10-/m0/s1. The summed E-state index contributed by atoms with van der Waals surface area (Å²) in [6.07, 6.45) is 2.77. The molecule has 2 heterocycles. The zero-order chi connectivity index (χ0) is 14.5. The third-order valence-electron chi connectivity index (χ3n) is 2.99. The smallest absolute Gasteiger partial charge is 0.214 e. The molecule has 0 N–H and O–H groups in total. The molecule has 8 nitrogen and oxygen atoms in total. The number of hydrogen-bond acceptors (Lipinski definition) is 6. The number of nitro groups is 2. The lowest BCUT2D eigenvalue weighted by atomic mass is 9.88. The zero-order valence-electron chi connectivity index (χ0n) is 10.4. The number of furan rings is 2. The van der Waals surface area contributed by atoms with Gasteiger partial charge in [-0.1, -0.05) is 0 Å². The van der Waals surface area contributed by atoms with Crippen LogP contribution in [-0.4, -0.2) is 22.9 Å². The molecule has 2 aromatic heterocycles. The Morgan fingerprint density at radius 1 is 0.900 bits per heavy atom. The van der Waals surface area contributed by atoms with Gasteiger partial charge in [-0.05, 0) is 24.3 Å². The largest absolute Gasteiger partial charge is 0.469 e. The summed E-state index contributed by atoms with van der Waals surface area (Å²) in [4.78, 5) is 20.6. The number of hydrogen-bond donors (Lipinski definition) is 0. The molecule has 20 heavy (non-hydrogen) atoms. The topological polar surface area (TPSA) is 113 Å². The van der Waals surface area contributed by atoms with E-state index in [0.29, 0.717) is 11.5 Å². The van der Waals surface area contributed by atoms with E-state index < -0.39 is 34.8 Å². The SMILES string of the molecule is O=[N+]([O-])C[C@H](c1ccco1)[C@H](C[N+](=O)[O-])c1ccco1. The highest BCUT2D eigenvalue weighted by molar-refractivity contribution is 5.17. The Balaban J connectivity index is 2.35. The van der Waals surface area contributed by atoms with Crippen molar-refractivity contribution in [3.05, 3.63) is 68.5 Å². The molecule has 0 aromatic carbocycles. The van der Waals surface area contributed by atoms with Crippen LogP contribution in [0.5, 0.6) is 0 Å². The highest BCUT2D eigenvalue weighted by atomic mass is 16.6. The van der Waals surface area contributed by atoms with Gasteiger partial charge < -0.3 is 8.83 Å². The monoisotopic (exact) mass is 280 g/mol. The molecule has 0 fully saturated rings. The van der Waals surface area contributed by atoms with Gasteiger partial charge in [-0.3, -0.25) is 20.2 Å². The van der Waals surface area contributed by atoms with Crippen molar-refractivity contribution in [2.24, 2.45) is 0 Å². The van der Waals surface area contributed by atoms with Gasteiger partial charge in [0.15, 0.2) is 0 Å². The average molecular weight is 280 g/mol. The Morgan fingerprint density at radius 3 is 1.55 bits per heavy atom. The van der Waals surface area contributed by atoms with Crippen molar-refractivity contribution in [1.29, 1.82) is 0 Å². The van der Waals surface area contributed by atoms with Gasteiger partial charge in [0, 0.05) is 9.85 Å². The van der Waals surface area contributed by atoms with Crippen LogP contribution in [0.15, 0.2) is 45.6 Å². The van der Waals surface area contributed by atoms with Gasteiger partial charge in [-0.25, -0.2) is 0 Å². The predicted molar refractivity (Wildman–Crippen MR) is 66.6 cm³/mol. The Kier molecular flexibility index (Phi) is 4.14. The summed E-state index contributed by atoms with van der Waals surface area (Å²) >= 11 is 0. The molecule has 0 aliphatic rings. The minimum absolute atomic E-state index is 0.338. The second-order valence-corrected chi connectivity index (χ2v) is 4.27. The van der Waals surface area contributed by atoms with E-state index >= 15 is 0 Å². The third-order valence-corrected chi connectivity index (χ3v) is 2.99. The highest BCUT2D eigenvalue weighted by Gasteiger charge is 2.36. The first-order valence-corrected chi connectivity index (χ1v) is 5.88. The minimum atomic E-state index is -0.753. The Bertz CT molecular complexity index is 511. The molecule has 0 spiro atoms. The molecule has 2 rings (SSSR count). The quantitative estimate of drug-likeness (QED) is 0.568. The van der Waals surface area contributed by atoms with Crippen molar-refractivity contribution < 1.29 is 18.7 Å². The average Bonchev–Trinajstić information content (AvgIpc) is 3.04. The molecule has 106 valence electrons. The van der Waals surface area contributed by atoms with Crippen LogP contribution in [-0.2, 0) is 0 Å². The van der Waals surface area contributed by atoms with Crippen LogP contribution in [0, 0.1) is 20.2 Å². The van der Waals surface area contributed by atoms with E-state index in [-0.39, 0.29) is 0 Å². The molecule has 0 saturated carbocycles. The minimum Gasteiger partial charge on any atom is -0.469 e. The lowest BCUT2D eigenvalue weighted by Crippen LogP contribution is -2.25. The summed E-state index contributed by atoms with van der Waals surface area (Å²) in [6.45, 7) is -0.931. The maximum absolute atomic E-state index is 10.8. The van der Waals surface area contributed by atoms with Crippen LogP contribution in [0.2, 0.25) is 0 Å². The van der Waals surface area contributed by atoms with Gasteiger partial charge in [0.05, 0.1) is 24.4 Å². The normalized spacial score (nSPS) is 13.8. The molecule has 0 amide bonds. The van der Waals surface area contributed by atoms with Crippen molar-refractivity contribution in [1.82, 2.24) is 0 Å². The maximum atomic E-state index is 10.8. The molecule has 0 aliphatic heterocycles. The molecule has 2 aromatic rings. The lowest BCUT2D eigenvalue weighted by molar-refractivity contribution is -0.499. The summed E-state index contributed by atoms with van der Waals surface area (Å²) in [5.74, 6) is -0.831. The third kappa shape index (κ3) is 3.22. The summed E-state index contributed by atoms with van der Waals surface area (Å²) in [5, 5.41) is 21.7. The zero-order valence-corrected chi connectivity index (χ0v) is 10.4. The molecule has 0 saturated heterocycles. The molecule has 0 unspecified atom stereocenters. The van der Waals surface area contributed by atoms with Gasteiger partial charge >= 0.3 is 0 Å². The molecular weight excluding hydrogens is 268 g/mol. The van der Waals surface area contributed by atoms with Gasteiger partial charge in [0.1, 0.15) is 11.5 Å². The van der Waals surface area contributed by atoms with E-state index in [9.17, 15) is 20.2 Å². The van der Waals surface area contributed by atoms with Crippen molar-refractivity contribution in [2.45, 2.75) is 11.8 Å². The second-order valence-electron chi connectivity index (χ2n) is 4.27. The fraction of sp³-hybridized carbons (Fsp3) is 0.333. The summed E-state index contributed by atoms with van der Waals surface area (Å²) < 4.78 is 10.4. The van der Waals surface area contributed by atoms with Crippen LogP contribution in [0.4, 0.5) is 0 Å². The highest BCUT2D eigenvalue weighted by Crippen LogP contribution is 2.34. The first kappa shape index (κ1) is 13.8. The van der Waals surface area contributed by atoms with Gasteiger partial charge in [-0.15, -0.1) is 0 Å². The van der Waals surface area contributed by atoms with E-state index in [2.05, 4.69) is 0 Å². The van der Waals surface area contributed by atoms with E-state index in [1.165, 1.54) is 12.5 Å². The lowest BCUT2D eigenvalue weighted by Gasteiger charge is -2.17. The predicted octanol–water partition coefficient (Wildman–Crippen LogP) is 2.29. The van der Waals surface area contributed by atoms with Crippen LogP contribution in [0.1, 0.15) is 23.4 Å². The number of nitrogens with zero attached hydrogens (tertiary/aromatic N) is 2. The van der Waals surface area contributed by atoms with Crippen molar-refractivity contribution in [3.63, 3.8) is 0 Å². The van der Waals surface area contributed by atoms with E-state index in [0.717, 1.165) is 0 Å². The fourth-order valence-corrected chi connectivity index (χ4v) is 2.16. The maximum Gasteiger partial charge on any atom is 0.214 e. The van der Waals surface area contributed by atoms with E-state index in [1.807, 2.05) is 0 Å². The summed E-state index contributed by atoms with van der Waals surface area (Å²) in [7, 11) is 0. The van der Waals surface area contributed by atoms with E-state index in [1.54, 1.807) is 24.3 Å². The first-order valence-electron chi connectivity index (χ1n) is 5.88. The Labute approximate surface area is 113 Å². The molecule has 0 bridgehead atoms. The molecular formula is C12H12N2O6. The van der Waals surface area contributed by atoms with Crippen molar-refractivity contribution >= 4 is 0 Å². The first-order chi connectivity index (χ1) is 9.58. The number of rotatable bonds is 7. The summed E-state index contributed by atoms with van der Waals surface area (Å²) in [6, 6.07) is 6.33. The fourth-order valence-electron chi connectivity index (χ4n) is 2.16. The second kappa shape index (κ2) is 6.00. The Hall–Kier alpha value is -2.64. The molecule has 0 radical (unpaired) electrons. The van der Waals surface area contributed by atoms with Gasteiger partial charge in [-0.2, -0.15) is 0 Å². The van der Waals surface area contributed by atoms with Crippen LogP contribution >= 0.6 is 0 Å². The molecule has 0 aliphatic carbocycles. The molecule has 8 heteroatoms. The van der Waals surface area contributed by atoms with Crippen molar-refractivity contribution in [2.75, 3.05) is 13.1 Å². The molecule has 2 atom stereocenters. The Morgan fingerprint density at radius 2 is 1.30 bits per heavy atom. The van der Waals surface area contributed by atoms with E-state index in [4.69, 9.17) is 8.83 Å². The summed E-state index contributed by atoms with van der Waals surface area (Å²) in [5.41, 5.74) is 0. The van der Waals surface area contributed by atoms with Gasteiger partial charge in [0.25, 0.3) is 0 Å². The van der Waals surface area contributed by atoms with Crippen LogP contribution < -0.4 is 0 Å². The van der Waals surface area contributed by atoms with Crippen molar-refractivity contribution in [3.8, 4) is 0 Å². The van der Waals surface area contributed by atoms with Crippen LogP contribution in [0.3, 0.4) is 0 Å². The van der Waals surface area contributed by atoms with Gasteiger partial charge in [0.2, 0.25) is 13.1 Å². The van der Waals surface area contributed by atoms with Crippen LogP contribution in [0.25, 0.3) is 0 Å².